The Morgan fingerprint density at radius 3 is 2.95 bits per heavy atom. The predicted molar refractivity (Wildman–Crippen MR) is 86.4 cm³/mol. The van der Waals surface area contributed by atoms with Crippen molar-refractivity contribution in [2.75, 3.05) is 13.2 Å². The Kier molecular flexibility index (Phi) is 5.40. The number of hydrogen-bond donors (Lipinski definition) is 2. The number of aliphatic hydroxyl groups is 1. The summed E-state index contributed by atoms with van der Waals surface area (Å²) in [6.45, 7) is 7.49. The Morgan fingerprint density at radius 1 is 1.55 bits per heavy atom. The summed E-state index contributed by atoms with van der Waals surface area (Å²) in [4.78, 5) is 18.5. The highest BCUT2D eigenvalue weighted by Crippen LogP contribution is 2.34. The van der Waals surface area contributed by atoms with Gasteiger partial charge in [0.1, 0.15) is 0 Å². The summed E-state index contributed by atoms with van der Waals surface area (Å²) in [7, 11) is 0. The molecule has 0 aromatic carbocycles. The predicted octanol–water partition coefficient (Wildman–Crippen LogP) is 2.47. The van der Waals surface area contributed by atoms with E-state index in [0.717, 1.165) is 30.4 Å². The lowest BCUT2D eigenvalue weighted by Gasteiger charge is -2.38. The number of rotatable bonds is 5. The van der Waals surface area contributed by atoms with Crippen molar-refractivity contribution in [3.8, 4) is 0 Å². The third kappa shape index (κ3) is 3.58. The van der Waals surface area contributed by atoms with E-state index in [9.17, 15) is 9.90 Å². The quantitative estimate of drug-likeness (QED) is 0.878. The van der Waals surface area contributed by atoms with Gasteiger partial charge in [-0.05, 0) is 49.3 Å². The number of aryl methyl sites for hydroxylation is 1. The van der Waals surface area contributed by atoms with Crippen LogP contribution in [0.3, 0.4) is 0 Å². The van der Waals surface area contributed by atoms with Crippen molar-refractivity contribution in [3.63, 3.8) is 0 Å². The van der Waals surface area contributed by atoms with Crippen molar-refractivity contribution in [2.45, 2.75) is 52.1 Å². The fourth-order valence-electron chi connectivity index (χ4n) is 3.42. The molecule has 0 bridgehead atoms. The molecule has 122 valence electrons. The van der Waals surface area contributed by atoms with E-state index < -0.39 is 5.54 Å². The van der Waals surface area contributed by atoms with Gasteiger partial charge in [0, 0.05) is 25.5 Å². The summed E-state index contributed by atoms with van der Waals surface area (Å²) in [6.07, 6.45) is 6.21. The number of carbonyl (C=O) groups is 1. The van der Waals surface area contributed by atoms with E-state index in [1.54, 1.807) is 12.4 Å². The van der Waals surface area contributed by atoms with Crippen LogP contribution in [0.1, 0.15) is 44.2 Å². The first-order chi connectivity index (χ1) is 10.5. The fraction of sp³-hybridized carbons (Fsp3) is 0.647. The summed E-state index contributed by atoms with van der Waals surface area (Å²) in [5.41, 5.74) is 1.74. The number of urea groups is 1. The Labute approximate surface area is 132 Å². The first-order valence-corrected chi connectivity index (χ1v) is 8.04. The minimum atomic E-state index is -0.397. The van der Waals surface area contributed by atoms with E-state index in [-0.39, 0.29) is 12.6 Å². The van der Waals surface area contributed by atoms with Crippen molar-refractivity contribution in [1.82, 2.24) is 15.2 Å². The minimum absolute atomic E-state index is 0.0346. The zero-order chi connectivity index (χ0) is 16.2. The number of carbonyl (C=O) groups excluding carboxylic acids is 1. The van der Waals surface area contributed by atoms with Crippen LogP contribution in [-0.4, -0.2) is 39.7 Å². The molecule has 2 heterocycles. The van der Waals surface area contributed by atoms with Gasteiger partial charge in [-0.3, -0.25) is 4.98 Å². The van der Waals surface area contributed by atoms with Gasteiger partial charge in [0.05, 0.1) is 12.1 Å². The highest BCUT2D eigenvalue weighted by Gasteiger charge is 2.43. The molecule has 2 N–H and O–H groups in total. The molecular weight excluding hydrogens is 278 g/mol. The lowest BCUT2D eigenvalue weighted by molar-refractivity contribution is 0.0675. The third-order valence-corrected chi connectivity index (χ3v) is 4.49. The van der Waals surface area contributed by atoms with E-state index in [1.165, 1.54) is 0 Å². The van der Waals surface area contributed by atoms with Gasteiger partial charge < -0.3 is 15.3 Å². The maximum atomic E-state index is 12.6. The lowest BCUT2D eigenvalue weighted by Crippen LogP contribution is -2.54. The van der Waals surface area contributed by atoms with Crippen molar-refractivity contribution >= 4 is 6.03 Å². The van der Waals surface area contributed by atoms with Crippen molar-refractivity contribution in [1.29, 1.82) is 0 Å². The van der Waals surface area contributed by atoms with Gasteiger partial charge in [0.25, 0.3) is 0 Å². The molecule has 0 saturated carbocycles. The SMILES string of the molecule is Cc1cnccc1CNC(=O)N1CCCC1(CO)CC(C)C. The number of aliphatic hydroxyl groups excluding tert-OH is 1. The van der Waals surface area contributed by atoms with Crippen LogP contribution in [0.2, 0.25) is 0 Å². The maximum Gasteiger partial charge on any atom is 0.318 e. The molecule has 5 nitrogen and oxygen atoms in total. The lowest BCUT2D eigenvalue weighted by atomic mass is 9.87. The number of nitrogens with zero attached hydrogens (tertiary/aromatic N) is 2. The normalized spacial score (nSPS) is 21.4. The van der Waals surface area contributed by atoms with E-state index in [0.29, 0.717) is 19.0 Å². The van der Waals surface area contributed by atoms with Crippen LogP contribution in [0.4, 0.5) is 4.79 Å². The molecule has 1 atom stereocenters. The van der Waals surface area contributed by atoms with Crippen molar-refractivity contribution < 1.29 is 9.90 Å². The number of pyridine rings is 1. The molecule has 0 aliphatic carbocycles. The monoisotopic (exact) mass is 305 g/mol. The Hall–Kier alpha value is -1.62. The number of nitrogens with one attached hydrogen (secondary N) is 1. The van der Waals surface area contributed by atoms with Crippen LogP contribution in [0.5, 0.6) is 0 Å². The topological polar surface area (TPSA) is 65.5 Å². The Morgan fingerprint density at radius 2 is 2.32 bits per heavy atom. The number of amides is 2. The molecule has 5 heteroatoms. The van der Waals surface area contributed by atoms with Gasteiger partial charge in [-0.1, -0.05) is 13.8 Å². The molecule has 1 aromatic heterocycles. The van der Waals surface area contributed by atoms with E-state index >= 15 is 0 Å². The molecule has 2 amide bonds. The first-order valence-electron chi connectivity index (χ1n) is 8.04. The second-order valence-corrected chi connectivity index (χ2v) is 6.70. The van der Waals surface area contributed by atoms with Gasteiger partial charge >= 0.3 is 6.03 Å². The van der Waals surface area contributed by atoms with E-state index in [4.69, 9.17) is 0 Å². The van der Waals surface area contributed by atoms with Crippen LogP contribution in [0.15, 0.2) is 18.5 Å². The Balaban J connectivity index is 2.03. The molecular formula is C17H27N3O2. The summed E-state index contributed by atoms with van der Waals surface area (Å²) in [5, 5.41) is 12.9. The standard InChI is InChI=1S/C17H27N3O2/c1-13(2)9-17(12-21)6-4-8-20(17)16(22)19-11-15-5-7-18-10-14(15)3/h5,7,10,13,21H,4,6,8-9,11-12H2,1-3H3,(H,19,22). The third-order valence-electron chi connectivity index (χ3n) is 4.49. The zero-order valence-corrected chi connectivity index (χ0v) is 13.8. The maximum absolute atomic E-state index is 12.6. The molecule has 1 aliphatic rings. The zero-order valence-electron chi connectivity index (χ0n) is 13.8. The van der Waals surface area contributed by atoms with Crippen LogP contribution in [0.25, 0.3) is 0 Å². The average molecular weight is 305 g/mol. The van der Waals surface area contributed by atoms with E-state index in [2.05, 4.69) is 24.1 Å². The van der Waals surface area contributed by atoms with Gasteiger partial charge in [-0.15, -0.1) is 0 Å². The van der Waals surface area contributed by atoms with Crippen LogP contribution < -0.4 is 5.32 Å². The largest absolute Gasteiger partial charge is 0.394 e. The van der Waals surface area contributed by atoms with E-state index in [1.807, 2.05) is 17.9 Å². The molecule has 1 aromatic rings. The molecule has 1 saturated heterocycles. The first kappa shape index (κ1) is 16.7. The highest BCUT2D eigenvalue weighted by atomic mass is 16.3. The average Bonchev–Trinajstić information content (AvgIpc) is 2.89. The fourth-order valence-corrected chi connectivity index (χ4v) is 3.42. The van der Waals surface area contributed by atoms with Gasteiger partial charge in [0.15, 0.2) is 0 Å². The molecule has 22 heavy (non-hydrogen) atoms. The number of aromatic nitrogens is 1. The molecule has 1 aliphatic heterocycles. The molecule has 0 spiro atoms. The van der Waals surface area contributed by atoms with Gasteiger partial charge in [0.2, 0.25) is 0 Å². The van der Waals surface area contributed by atoms with Crippen LogP contribution >= 0.6 is 0 Å². The smallest absolute Gasteiger partial charge is 0.318 e. The number of likely N-dealkylation sites (tertiary alicyclic amines) is 1. The second kappa shape index (κ2) is 7.09. The minimum Gasteiger partial charge on any atom is -0.394 e. The van der Waals surface area contributed by atoms with Gasteiger partial charge in [-0.2, -0.15) is 0 Å². The summed E-state index contributed by atoms with van der Waals surface area (Å²) in [6, 6.07) is 1.84. The van der Waals surface area contributed by atoms with Crippen molar-refractivity contribution in [3.05, 3.63) is 29.6 Å². The highest BCUT2D eigenvalue weighted by molar-refractivity contribution is 5.75. The summed E-state index contributed by atoms with van der Waals surface area (Å²) >= 11 is 0. The summed E-state index contributed by atoms with van der Waals surface area (Å²) < 4.78 is 0. The molecule has 1 fully saturated rings. The molecule has 2 rings (SSSR count). The van der Waals surface area contributed by atoms with Crippen molar-refractivity contribution in [2.24, 2.45) is 5.92 Å². The number of hydrogen-bond acceptors (Lipinski definition) is 3. The second-order valence-electron chi connectivity index (χ2n) is 6.70. The van der Waals surface area contributed by atoms with Crippen LogP contribution in [0, 0.1) is 12.8 Å². The van der Waals surface area contributed by atoms with Gasteiger partial charge in [-0.25, -0.2) is 4.79 Å². The Bertz CT molecular complexity index is 518. The molecule has 1 unspecified atom stereocenters. The molecule has 0 radical (unpaired) electrons. The van der Waals surface area contributed by atoms with Crippen LogP contribution in [-0.2, 0) is 6.54 Å². The summed E-state index contributed by atoms with van der Waals surface area (Å²) in [5.74, 6) is 0.447.